The molecule has 1 aliphatic heterocycles. The fraction of sp³-hybridized carbons (Fsp3) is 0.407. The van der Waals surface area contributed by atoms with E-state index in [0.717, 1.165) is 38.0 Å². The Morgan fingerprint density at radius 1 is 0.921 bits per heavy atom. The quantitative estimate of drug-likeness (QED) is 0.310. The van der Waals surface area contributed by atoms with E-state index >= 15 is 0 Å². The van der Waals surface area contributed by atoms with Crippen LogP contribution in [0.3, 0.4) is 0 Å². The van der Waals surface area contributed by atoms with Crippen LogP contribution in [0.1, 0.15) is 39.1 Å². The highest BCUT2D eigenvalue weighted by Gasteiger charge is 2.26. The van der Waals surface area contributed by atoms with Crippen LogP contribution in [-0.4, -0.2) is 95.2 Å². The second kappa shape index (κ2) is 15.6. The van der Waals surface area contributed by atoms with Crippen molar-refractivity contribution >= 4 is 23.6 Å². The predicted molar refractivity (Wildman–Crippen MR) is 135 cm³/mol. The number of carbonyl (C=O) groups is 4. The number of rotatable bonds is 10. The molecule has 10 nitrogen and oxygen atoms in total. The number of methoxy groups -OCH3 is 1. The second-order valence-electron chi connectivity index (χ2n) is 8.74. The minimum Gasteiger partial charge on any atom is -0.473 e. The number of amides is 1. The highest BCUT2D eigenvalue weighted by Crippen LogP contribution is 2.22. The lowest BCUT2D eigenvalue weighted by Crippen LogP contribution is -2.43. The van der Waals surface area contributed by atoms with E-state index in [4.69, 9.17) is 24.5 Å². The summed E-state index contributed by atoms with van der Waals surface area (Å²) >= 11 is 0. The van der Waals surface area contributed by atoms with Crippen molar-refractivity contribution in [3.05, 3.63) is 71.0 Å². The molecule has 2 aromatic carbocycles. The molecule has 0 bridgehead atoms. The number of Topliss-reactive ketones (excluding diaryl/α,β-unsaturated/α-hetero) is 1. The molecule has 0 radical (unpaired) electrons. The SMILES string of the molecule is COCCN(CCN1CCC(C(=O)c2ccc(F)cc2)CC1)C(=O)c1ccc(CO)cc1.O=C(O)C(=O)O. The number of carbonyl (C=O) groups excluding carboxylic acids is 2. The van der Waals surface area contributed by atoms with Gasteiger partial charge in [-0.05, 0) is 67.9 Å². The third kappa shape index (κ3) is 9.66. The van der Waals surface area contributed by atoms with Crippen molar-refractivity contribution in [2.75, 3.05) is 46.4 Å². The fourth-order valence-corrected chi connectivity index (χ4v) is 3.98. The normalized spacial score (nSPS) is 13.8. The van der Waals surface area contributed by atoms with Crippen LogP contribution in [0.4, 0.5) is 4.39 Å². The summed E-state index contributed by atoms with van der Waals surface area (Å²) in [6, 6.07) is 12.7. The van der Waals surface area contributed by atoms with Crippen molar-refractivity contribution < 1.29 is 43.6 Å². The number of carboxylic acids is 2. The summed E-state index contributed by atoms with van der Waals surface area (Å²) in [7, 11) is 1.61. The monoisotopic (exact) mass is 532 g/mol. The summed E-state index contributed by atoms with van der Waals surface area (Å²) in [5.41, 5.74) is 1.92. The van der Waals surface area contributed by atoms with Gasteiger partial charge in [-0.25, -0.2) is 14.0 Å². The van der Waals surface area contributed by atoms with Gasteiger partial charge in [-0.15, -0.1) is 0 Å². The Hall–Kier alpha value is -3.67. The van der Waals surface area contributed by atoms with Crippen LogP contribution in [-0.2, 0) is 20.9 Å². The molecule has 0 aromatic heterocycles. The molecule has 38 heavy (non-hydrogen) atoms. The molecule has 3 N–H and O–H groups in total. The van der Waals surface area contributed by atoms with E-state index in [0.29, 0.717) is 30.8 Å². The van der Waals surface area contributed by atoms with Crippen LogP contribution >= 0.6 is 0 Å². The molecule has 2 aromatic rings. The van der Waals surface area contributed by atoms with Gasteiger partial charge in [0.25, 0.3) is 5.91 Å². The van der Waals surface area contributed by atoms with Gasteiger partial charge < -0.3 is 29.9 Å². The Morgan fingerprint density at radius 3 is 1.97 bits per heavy atom. The number of hydrogen-bond acceptors (Lipinski definition) is 7. The van der Waals surface area contributed by atoms with Gasteiger partial charge in [-0.3, -0.25) is 9.59 Å². The first kappa shape index (κ1) is 30.6. The summed E-state index contributed by atoms with van der Waals surface area (Å²) in [6.45, 7) is 3.76. The molecule has 11 heteroatoms. The third-order valence-electron chi connectivity index (χ3n) is 6.19. The van der Waals surface area contributed by atoms with Crippen LogP contribution in [0.2, 0.25) is 0 Å². The molecule has 1 heterocycles. The predicted octanol–water partition coefficient (Wildman–Crippen LogP) is 2.16. The summed E-state index contributed by atoms with van der Waals surface area (Å²) < 4.78 is 18.3. The molecule has 206 valence electrons. The van der Waals surface area contributed by atoms with Gasteiger partial charge in [-0.2, -0.15) is 0 Å². The number of aliphatic hydroxyl groups excluding tert-OH is 1. The van der Waals surface area contributed by atoms with Crippen molar-refractivity contribution in [1.82, 2.24) is 9.80 Å². The minimum absolute atomic E-state index is 0.0482. The fourth-order valence-electron chi connectivity index (χ4n) is 3.98. The van der Waals surface area contributed by atoms with Crippen molar-refractivity contribution in [1.29, 1.82) is 0 Å². The van der Waals surface area contributed by atoms with E-state index in [1.165, 1.54) is 12.1 Å². The smallest absolute Gasteiger partial charge is 0.414 e. The van der Waals surface area contributed by atoms with Crippen molar-refractivity contribution in [2.45, 2.75) is 19.4 Å². The number of hydrogen-bond donors (Lipinski definition) is 3. The van der Waals surface area contributed by atoms with Crippen LogP contribution in [0, 0.1) is 11.7 Å². The Balaban J connectivity index is 0.000000757. The van der Waals surface area contributed by atoms with Gasteiger partial charge in [-0.1, -0.05) is 12.1 Å². The molecule has 1 fully saturated rings. The number of benzene rings is 2. The van der Waals surface area contributed by atoms with Gasteiger partial charge in [0.15, 0.2) is 5.78 Å². The molecule has 0 unspecified atom stereocenters. The van der Waals surface area contributed by atoms with E-state index < -0.39 is 11.9 Å². The zero-order valence-electron chi connectivity index (χ0n) is 21.2. The zero-order valence-corrected chi connectivity index (χ0v) is 21.2. The second-order valence-corrected chi connectivity index (χ2v) is 8.74. The number of piperidine rings is 1. The lowest BCUT2D eigenvalue weighted by molar-refractivity contribution is -0.159. The molecule has 0 aliphatic carbocycles. The van der Waals surface area contributed by atoms with E-state index in [9.17, 15) is 19.1 Å². The number of likely N-dealkylation sites (tertiary alicyclic amines) is 1. The summed E-state index contributed by atoms with van der Waals surface area (Å²) in [6.07, 6.45) is 1.51. The summed E-state index contributed by atoms with van der Waals surface area (Å²) in [5.74, 6) is -4.02. The average Bonchev–Trinajstić information content (AvgIpc) is 2.93. The average molecular weight is 533 g/mol. The minimum atomic E-state index is -1.82. The molecular weight excluding hydrogens is 499 g/mol. The number of halogens is 1. The zero-order chi connectivity index (χ0) is 28.1. The number of ketones is 1. The van der Waals surface area contributed by atoms with Crippen LogP contribution in [0.25, 0.3) is 0 Å². The molecule has 0 saturated carbocycles. The van der Waals surface area contributed by atoms with Crippen molar-refractivity contribution in [3.63, 3.8) is 0 Å². The number of ether oxygens (including phenoxy) is 1. The van der Waals surface area contributed by atoms with Crippen LogP contribution < -0.4 is 0 Å². The number of carboxylic acid groups (broad SMARTS) is 2. The molecule has 1 aliphatic rings. The highest BCUT2D eigenvalue weighted by molar-refractivity contribution is 6.27. The first-order valence-corrected chi connectivity index (χ1v) is 12.1. The van der Waals surface area contributed by atoms with Crippen LogP contribution in [0.15, 0.2) is 48.5 Å². The maximum Gasteiger partial charge on any atom is 0.414 e. The Labute approximate surface area is 220 Å². The molecule has 0 atom stereocenters. The van der Waals surface area contributed by atoms with Gasteiger partial charge in [0.2, 0.25) is 0 Å². The Morgan fingerprint density at radius 2 is 1.47 bits per heavy atom. The first-order valence-electron chi connectivity index (χ1n) is 12.1. The number of aliphatic carboxylic acids is 2. The number of aliphatic hydroxyl groups is 1. The molecule has 0 spiro atoms. The van der Waals surface area contributed by atoms with Crippen LogP contribution in [0.5, 0.6) is 0 Å². The van der Waals surface area contributed by atoms with Gasteiger partial charge >= 0.3 is 11.9 Å². The first-order chi connectivity index (χ1) is 18.2. The standard InChI is InChI=1S/C25H31FN2O4.C2H2O4/c1-32-17-16-28(25(31)22-4-2-19(18-29)3-5-22)15-14-27-12-10-21(11-13-27)24(30)20-6-8-23(26)9-7-20;3-1(4)2(5)6/h2-9,21,29H,10-18H2,1H3;(H,3,4)(H,5,6). The molecule has 1 amide bonds. The lowest BCUT2D eigenvalue weighted by atomic mass is 9.89. The van der Waals surface area contributed by atoms with E-state index in [2.05, 4.69) is 4.90 Å². The maximum absolute atomic E-state index is 13.1. The van der Waals surface area contributed by atoms with Gasteiger partial charge in [0, 0.05) is 43.8 Å². The number of nitrogens with zero attached hydrogens (tertiary/aromatic N) is 2. The Bertz CT molecular complexity index is 1060. The lowest BCUT2D eigenvalue weighted by Gasteiger charge is -2.33. The largest absolute Gasteiger partial charge is 0.473 e. The molecular formula is C27H33FN2O8. The molecule has 1 saturated heterocycles. The topological polar surface area (TPSA) is 145 Å². The Kier molecular flexibility index (Phi) is 12.5. The van der Waals surface area contributed by atoms with E-state index in [-0.39, 0.29) is 30.0 Å². The van der Waals surface area contributed by atoms with E-state index in [1.54, 1.807) is 48.4 Å². The summed E-state index contributed by atoms with van der Waals surface area (Å²) in [5, 5.41) is 24.0. The van der Waals surface area contributed by atoms with Crippen molar-refractivity contribution in [2.24, 2.45) is 5.92 Å². The van der Waals surface area contributed by atoms with Crippen molar-refractivity contribution in [3.8, 4) is 0 Å². The highest BCUT2D eigenvalue weighted by atomic mass is 19.1. The summed E-state index contributed by atoms with van der Waals surface area (Å²) in [4.78, 5) is 47.9. The van der Waals surface area contributed by atoms with Gasteiger partial charge in [0.05, 0.1) is 13.2 Å². The van der Waals surface area contributed by atoms with E-state index in [1.807, 2.05) is 0 Å². The van der Waals surface area contributed by atoms with Gasteiger partial charge in [0.1, 0.15) is 5.82 Å². The molecule has 3 rings (SSSR count). The third-order valence-corrected chi connectivity index (χ3v) is 6.19. The maximum atomic E-state index is 13.1.